The quantitative estimate of drug-likeness (QED) is 0.467. The third kappa shape index (κ3) is 3.50. The molecule has 0 aliphatic carbocycles. The molecule has 9 nitrogen and oxygen atoms in total. The summed E-state index contributed by atoms with van der Waals surface area (Å²) >= 11 is 0. The fraction of sp³-hybridized carbons (Fsp3) is 0.182. The van der Waals surface area contributed by atoms with Crippen LogP contribution >= 0.6 is 0 Å². The molecule has 0 bridgehead atoms. The predicted molar refractivity (Wildman–Crippen MR) is 111 cm³/mol. The number of nitrogens with zero attached hydrogens (tertiary/aromatic N) is 3. The number of carbonyl (C=O) groups excluding carboxylic acids is 2. The summed E-state index contributed by atoms with van der Waals surface area (Å²) in [6, 6.07) is 13.9. The van der Waals surface area contributed by atoms with Gasteiger partial charge in [0.1, 0.15) is 18.3 Å². The number of imide groups is 1. The standard InChI is InChI=1S/C22H19N5O4/c1-30-15-6-4-5-13(9-15)20-25-19(31-26-20)12-27-21(28)18(24-22(27)29)10-14-11-23-17-8-3-2-7-16(14)17/h2-9,11,18,23H,10,12H2,1H3,(H,24,29)/t18-/m1/s1. The predicted octanol–water partition coefficient (Wildman–Crippen LogP) is 2.89. The van der Waals surface area contributed by atoms with Crippen LogP contribution in [-0.2, 0) is 17.8 Å². The molecule has 4 aromatic rings. The normalized spacial score (nSPS) is 16.2. The molecule has 2 N–H and O–H groups in total. The van der Waals surface area contributed by atoms with Crippen molar-refractivity contribution in [3.05, 3.63) is 66.2 Å². The minimum absolute atomic E-state index is 0.0913. The van der Waals surface area contributed by atoms with Gasteiger partial charge in [0.2, 0.25) is 11.7 Å². The molecular formula is C22H19N5O4. The number of urea groups is 1. The van der Waals surface area contributed by atoms with E-state index in [0.29, 0.717) is 23.6 Å². The zero-order valence-electron chi connectivity index (χ0n) is 16.7. The smallest absolute Gasteiger partial charge is 0.325 e. The Morgan fingerprint density at radius 1 is 1.16 bits per heavy atom. The van der Waals surface area contributed by atoms with Crippen molar-refractivity contribution in [2.24, 2.45) is 0 Å². The van der Waals surface area contributed by atoms with E-state index >= 15 is 0 Å². The van der Waals surface area contributed by atoms with Gasteiger partial charge < -0.3 is 19.6 Å². The highest BCUT2D eigenvalue weighted by Crippen LogP contribution is 2.24. The molecule has 1 aliphatic rings. The van der Waals surface area contributed by atoms with Crippen molar-refractivity contribution >= 4 is 22.8 Å². The molecule has 156 valence electrons. The van der Waals surface area contributed by atoms with Crippen molar-refractivity contribution in [1.82, 2.24) is 25.3 Å². The third-order valence-corrected chi connectivity index (χ3v) is 5.30. The Labute approximate surface area is 177 Å². The number of rotatable bonds is 6. The maximum atomic E-state index is 12.9. The summed E-state index contributed by atoms with van der Waals surface area (Å²) in [4.78, 5) is 33.9. The summed E-state index contributed by atoms with van der Waals surface area (Å²) in [5.74, 6) is 0.875. The molecule has 1 atom stereocenters. The first kappa shape index (κ1) is 18.9. The lowest BCUT2D eigenvalue weighted by molar-refractivity contribution is -0.128. The first-order valence-electron chi connectivity index (χ1n) is 9.76. The SMILES string of the molecule is COc1cccc(-c2noc(CN3C(=O)N[C@H](Cc4c[nH]c5ccccc45)C3=O)n2)c1. The molecule has 1 aliphatic heterocycles. The van der Waals surface area contributed by atoms with Gasteiger partial charge in [-0.1, -0.05) is 35.5 Å². The topological polar surface area (TPSA) is 113 Å². The summed E-state index contributed by atoms with van der Waals surface area (Å²) in [6.07, 6.45) is 2.26. The van der Waals surface area contributed by atoms with E-state index in [9.17, 15) is 9.59 Å². The second-order valence-electron chi connectivity index (χ2n) is 7.23. The maximum absolute atomic E-state index is 12.9. The van der Waals surface area contributed by atoms with E-state index in [1.165, 1.54) is 0 Å². The second kappa shape index (κ2) is 7.60. The van der Waals surface area contributed by atoms with Gasteiger partial charge in [-0.05, 0) is 23.8 Å². The molecule has 2 aromatic heterocycles. The van der Waals surface area contributed by atoms with Crippen LogP contribution in [0.15, 0.2) is 59.3 Å². The van der Waals surface area contributed by atoms with E-state index in [4.69, 9.17) is 9.26 Å². The fourth-order valence-corrected chi connectivity index (χ4v) is 3.72. The number of aromatic nitrogens is 3. The lowest BCUT2D eigenvalue weighted by Gasteiger charge is -2.10. The Kier molecular flexibility index (Phi) is 4.62. The number of para-hydroxylation sites is 1. The number of H-pyrrole nitrogens is 1. The molecular weight excluding hydrogens is 398 g/mol. The number of aromatic amines is 1. The summed E-state index contributed by atoms with van der Waals surface area (Å²) in [7, 11) is 1.57. The van der Waals surface area contributed by atoms with Gasteiger partial charge in [0, 0.05) is 29.1 Å². The number of nitrogens with one attached hydrogen (secondary N) is 2. The monoisotopic (exact) mass is 417 g/mol. The Morgan fingerprint density at radius 2 is 2.03 bits per heavy atom. The summed E-state index contributed by atoms with van der Waals surface area (Å²) in [5, 5.41) is 7.73. The van der Waals surface area contributed by atoms with Gasteiger partial charge in [-0.15, -0.1) is 0 Å². The van der Waals surface area contributed by atoms with E-state index in [1.807, 2.05) is 48.7 Å². The van der Waals surface area contributed by atoms with Crippen molar-refractivity contribution in [2.45, 2.75) is 19.0 Å². The third-order valence-electron chi connectivity index (χ3n) is 5.30. The molecule has 0 saturated carbocycles. The summed E-state index contributed by atoms with van der Waals surface area (Å²) in [5.41, 5.74) is 2.67. The van der Waals surface area contributed by atoms with E-state index in [1.54, 1.807) is 13.2 Å². The number of hydrogen-bond acceptors (Lipinski definition) is 6. The molecule has 0 radical (unpaired) electrons. The van der Waals surface area contributed by atoms with Crippen LogP contribution in [0.2, 0.25) is 0 Å². The molecule has 5 rings (SSSR count). The van der Waals surface area contributed by atoms with Crippen LogP contribution in [0, 0.1) is 0 Å². The van der Waals surface area contributed by atoms with E-state index in [2.05, 4.69) is 20.4 Å². The van der Waals surface area contributed by atoms with Crippen LogP contribution in [0.3, 0.4) is 0 Å². The number of hydrogen-bond donors (Lipinski definition) is 2. The minimum Gasteiger partial charge on any atom is -0.497 e. The molecule has 0 spiro atoms. The zero-order chi connectivity index (χ0) is 21.4. The number of methoxy groups -OCH3 is 1. The van der Waals surface area contributed by atoms with Gasteiger partial charge in [-0.2, -0.15) is 4.98 Å². The summed E-state index contributed by atoms with van der Waals surface area (Å²) < 4.78 is 10.5. The first-order valence-corrected chi connectivity index (χ1v) is 9.76. The lowest BCUT2D eigenvalue weighted by atomic mass is 10.1. The minimum atomic E-state index is -0.646. The summed E-state index contributed by atoms with van der Waals surface area (Å²) in [6.45, 7) is -0.0913. The lowest BCUT2D eigenvalue weighted by Crippen LogP contribution is -2.32. The van der Waals surface area contributed by atoms with Gasteiger partial charge in [0.05, 0.1) is 7.11 Å². The number of carbonyl (C=O) groups is 2. The highest BCUT2D eigenvalue weighted by molar-refractivity contribution is 6.04. The Balaban J connectivity index is 1.31. The van der Waals surface area contributed by atoms with Crippen molar-refractivity contribution in [2.75, 3.05) is 7.11 Å². The van der Waals surface area contributed by atoms with E-state index < -0.39 is 12.1 Å². The highest BCUT2D eigenvalue weighted by Gasteiger charge is 2.39. The van der Waals surface area contributed by atoms with Crippen molar-refractivity contribution in [3.63, 3.8) is 0 Å². The van der Waals surface area contributed by atoms with Crippen LogP contribution in [0.5, 0.6) is 5.75 Å². The van der Waals surface area contributed by atoms with Crippen LogP contribution in [0.25, 0.3) is 22.3 Å². The van der Waals surface area contributed by atoms with E-state index in [0.717, 1.165) is 21.4 Å². The highest BCUT2D eigenvalue weighted by atomic mass is 16.5. The Hall–Kier alpha value is -4.14. The largest absolute Gasteiger partial charge is 0.497 e. The van der Waals surface area contributed by atoms with Crippen molar-refractivity contribution < 1.29 is 18.8 Å². The molecule has 1 fully saturated rings. The maximum Gasteiger partial charge on any atom is 0.325 e. The van der Waals surface area contributed by atoms with Crippen molar-refractivity contribution in [3.8, 4) is 17.1 Å². The second-order valence-corrected chi connectivity index (χ2v) is 7.23. The molecule has 2 aromatic carbocycles. The van der Waals surface area contributed by atoms with Gasteiger partial charge in [-0.3, -0.25) is 9.69 Å². The Morgan fingerprint density at radius 3 is 2.90 bits per heavy atom. The molecule has 9 heteroatoms. The first-order chi connectivity index (χ1) is 15.1. The van der Waals surface area contributed by atoms with Gasteiger partial charge in [0.25, 0.3) is 5.91 Å². The molecule has 31 heavy (non-hydrogen) atoms. The Bertz CT molecular complexity index is 1280. The van der Waals surface area contributed by atoms with Gasteiger partial charge in [-0.25, -0.2) is 4.79 Å². The number of amides is 3. The average Bonchev–Trinajstić information content (AvgIpc) is 3.49. The fourth-order valence-electron chi connectivity index (χ4n) is 3.72. The zero-order valence-corrected chi connectivity index (χ0v) is 16.7. The molecule has 3 heterocycles. The molecule has 0 unspecified atom stereocenters. The van der Waals surface area contributed by atoms with Crippen LogP contribution in [-0.4, -0.2) is 45.1 Å². The molecule has 3 amide bonds. The number of fused-ring (bicyclic) bond motifs is 1. The number of ether oxygens (including phenoxy) is 1. The van der Waals surface area contributed by atoms with E-state index in [-0.39, 0.29) is 18.3 Å². The van der Waals surface area contributed by atoms with Crippen LogP contribution in [0.4, 0.5) is 4.79 Å². The van der Waals surface area contributed by atoms with Crippen LogP contribution in [0.1, 0.15) is 11.5 Å². The average molecular weight is 417 g/mol. The van der Waals surface area contributed by atoms with Gasteiger partial charge in [0.15, 0.2) is 0 Å². The van der Waals surface area contributed by atoms with Crippen LogP contribution < -0.4 is 10.1 Å². The number of benzene rings is 2. The van der Waals surface area contributed by atoms with Crippen molar-refractivity contribution in [1.29, 1.82) is 0 Å². The molecule has 1 saturated heterocycles. The van der Waals surface area contributed by atoms with Gasteiger partial charge >= 0.3 is 6.03 Å².